The van der Waals surface area contributed by atoms with Gasteiger partial charge in [0.25, 0.3) is 0 Å². The molecule has 2 amide bonds. The standard InChI is InChI=1S/C20H27N5O2/c26-20(24-7-6-18(15-24)17-4-2-1-3-5-17)22-19-14-21-25(16-19)9-8-23-10-12-27-13-11-23/h1-5,14,16,18H,6-13,15H2,(H,22,26). The largest absolute Gasteiger partial charge is 0.379 e. The average molecular weight is 369 g/mol. The first-order valence-electron chi connectivity index (χ1n) is 9.71. The van der Waals surface area contributed by atoms with Crippen molar-refractivity contribution in [2.24, 2.45) is 0 Å². The molecule has 2 saturated heterocycles. The van der Waals surface area contributed by atoms with Crippen LogP contribution in [-0.4, -0.2) is 71.5 Å². The molecule has 2 aliphatic rings. The zero-order valence-electron chi connectivity index (χ0n) is 15.6. The maximum Gasteiger partial charge on any atom is 0.321 e. The van der Waals surface area contributed by atoms with Crippen molar-refractivity contribution < 1.29 is 9.53 Å². The van der Waals surface area contributed by atoms with Crippen LogP contribution in [0.4, 0.5) is 10.5 Å². The molecule has 1 atom stereocenters. The molecule has 1 aromatic carbocycles. The van der Waals surface area contributed by atoms with Gasteiger partial charge in [0.2, 0.25) is 0 Å². The number of benzene rings is 1. The van der Waals surface area contributed by atoms with Gasteiger partial charge in [0.15, 0.2) is 0 Å². The molecule has 2 aromatic rings. The van der Waals surface area contributed by atoms with Gasteiger partial charge >= 0.3 is 6.03 Å². The van der Waals surface area contributed by atoms with Gasteiger partial charge in [-0.3, -0.25) is 9.58 Å². The van der Waals surface area contributed by atoms with Crippen molar-refractivity contribution in [3.8, 4) is 0 Å². The van der Waals surface area contributed by atoms with E-state index in [0.29, 0.717) is 5.92 Å². The van der Waals surface area contributed by atoms with Gasteiger partial charge in [-0.25, -0.2) is 4.79 Å². The van der Waals surface area contributed by atoms with Gasteiger partial charge in [0.05, 0.1) is 31.6 Å². The molecular formula is C20H27N5O2. The van der Waals surface area contributed by atoms with Crippen LogP contribution in [0, 0.1) is 0 Å². The first-order valence-corrected chi connectivity index (χ1v) is 9.71. The molecule has 0 saturated carbocycles. The number of rotatable bonds is 5. The van der Waals surface area contributed by atoms with E-state index in [9.17, 15) is 4.79 Å². The van der Waals surface area contributed by atoms with Crippen LogP contribution in [-0.2, 0) is 11.3 Å². The maximum absolute atomic E-state index is 12.6. The maximum atomic E-state index is 12.6. The number of amides is 2. The third-order valence-corrected chi connectivity index (χ3v) is 5.38. The van der Waals surface area contributed by atoms with Gasteiger partial charge in [-0.1, -0.05) is 30.3 Å². The highest BCUT2D eigenvalue weighted by molar-refractivity contribution is 5.89. The van der Waals surface area contributed by atoms with Crippen LogP contribution in [0.5, 0.6) is 0 Å². The minimum absolute atomic E-state index is 0.0406. The molecule has 1 N–H and O–H groups in total. The molecule has 0 spiro atoms. The van der Waals surface area contributed by atoms with Gasteiger partial charge in [-0.05, 0) is 12.0 Å². The van der Waals surface area contributed by atoms with Crippen molar-refractivity contribution in [2.75, 3.05) is 51.3 Å². The fourth-order valence-electron chi connectivity index (χ4n) is 3.76. The molecule has 0 aliphatic carbocycles. The number of likely N-dealkylation sites (tertiary alicyclic amines) is 1. The number of nitrogens with zero attached hydrogens (tertiary/aromatic N) is 4. The van der Waals surface area contributed by atoms with E-state index in [0.717, 1.165) is 64.6 Å². The lowest BCUT2D eigenvalue weighted by atomic mass is 9.99. The normalized spacial score (nSPS) is 20.7. The highest BCUT2D eigenvalue weighted by atomic mass is 16.5. The Labute approximate surface area is 159 Å². The Morgan fingerprint density at radius 3 is 2.78 bits per heavy atom. The van der Waals surface area contributed by atoms with Crippen molar-refractivity contribution in [2.45, 2.75) is 18.9 Å². The summed E-state index contributed by atoms with van der Waals surface area (Å²) in [7, 11) is 0. The minimum Gasteiger partial charge on any atom is -0.379 e. The third kappa shape index (κ3) is 4.67. The number of carbonyl (C=O) groups excluding carboxylic acids is 1. The van der Waals surface area contributed by atoms with Crippen molar-refractivity contribution in [1.82, 2.24) is 19.6 Å². The van der Waals surface area contributed by atoms with Crippen molar-refractivity contribution in [1.29, 1.82) is 0 Å². The molecule has 2 aliphatic heterocycles. The van der Waals surface area contributed by atoms with Crippen LogP contribution in [0.25, 0.3) is 0 Å². The molecule has 0 radical (unpaired) electrons. The second-order valence-corrected chi connectivity index (χ2v) is 7.22. The van der Waals surface area contributed by atoms with Gasteiger partial charge in [-0.15, -0.1) is 0 Å². The Morgan fingerprint density at radius 2 is 1.96 bits per heavy atom. The summed E-state index contributed by atoms with van der Waals surface area (Å²) in [5.74, 6) is 0.424. The number of hydrogen-bond acceptors (Lipinski definition) is 4. The number of aromatic nitrogens is 2. The molecule has 7 nitrogen and oxygen atoms in total. The van der Waals surface area contributed by atoms with Gasteiger partial charge < -0.3 is 15.0 Å². The summed E-state index contributed by atoms with van der Waals surface area (Å²) >= 11 is 0. The first-order chi connectivity index (χ1) is 13.3. The number of hydrogen-bond donors (Lipinski definition) is 1. The lowest BCUT2D eigenvalue weighted by Crippen LogP contribution is -2.38. The van der Waals surface area contributed by atoms with Crippen molar-refractivity contribution in [3.63, 3.8) is 0 Å². The van der Waals surface area contributed by atoms with Crippen LogP contribution >= 0.6 is 0 Å². The summed E-state index contributed by atoms with van der Waals surface area (Å²) < 4.78 is 7.26. The lowest BCUT2D eigenvalue weighted by molar-refractivity contribution is 0.0360. The summed E-state index contributed by atoms with van der Waals surface area (Å²) in [4.78, 5) is 16.8. The Hall–Kier alpha value is -2.38. The van der Waals surface area contributed by atoms with Gasteiger partial charge in [0.1, 0.15) is 0 Å². The third-order valence-electron chi connectivity index (χ3n) is 5.38. The summed E-state index contributed by atoms with van der Waals surface area (Å²) in [6.07, 6.45) is 4.64. The zero-order valence-corrected chi connectivity index (χ0v) is 15.6. The predicted molar refractivity (Wildman–Crippen MR) is 104 cm³/mol. The van der Waals surface area contributed by atoms with E-state index in [1.807, 2.05) is 21.8 Å². The van der Waals surface area contributed by atoms with E-state index >= 15 is 0 Å². The summed E-state index contributed by atoms with van der Waals surface area (Å²) in [5.41, 5.74) is 2.06. The van der Waals surface area contributed by atoms with Crippen molar-refractivity contribution in [3.05, 3.63) is 48.3 Å². The van der Waals surface area contributed by atoms with Gasteiger partial charge in [-0.2, -0.15) is 5.10 Å². The second-order valence-electron chi connectivity index (χ2n) is 7.22. The second kappa shape index (κ2) is 8.54. The topological polar surface area (TPSA) is 62.6 Å². The average Bonchev–Trinajstić information content (AvgIpc) is 3.38. The number of morpholine rings is 1. The highest BCUT2D eigenvalue weighted by Gasteiger charge is 2.27. The number of urea groups is 1. The van der Waals surface area contributed by atoms with Crippen LogP contribution in [0.2, 0.25) is 0 Å². The van der Waals surface area contributed by atoms with Crippen LogP contribution in [0.1, 0.15) is 17.9 Å². The number of ether oxygens (including phenoxy) is 1. The fourth-order valence-corrected chi connectivity index (χ4v) is 3.76. The molecule has 1 aromatic heterocycles. The number of anilines is 1. The van der Waals surface area contributed by atoms with E-state index in [-0.39, 0.29) is 6.03 Å². The number of nitrogens with one attached hydrogen (secondary N) is 1. The van der Waals surface area contributed by atoms with E-state index < -0.39 is 0 Å². The molecule has 2 fully saturated rings. The minimum atomic E-state index is -0.0406. The predicted octanol–water partition coefficient (Wildman–Crippen LogP) is 2.24. The van der Waals surface area contributed by atoms with Gasteiger partial charge in [0, 0.05) is 44.8 Å². The van der Waals surface area contributed by atoms with E-state index in [4.69, 9.17) is 4.74 Å². The lowest BCUT2D eigenvalue weighted by Gasteiger charge is -2.26. The quantitative estimate of drug-likeness (QED) is 0.878. The van der Waals surface area contributed by atoms with Crippen LogP contribution in [0.15, 0.2) is 42.7 Å². The van der Waals surface area contributed by atoms with E-state index in [1.54, 1.807) is 6.20 Å². The summed E-state index contributed by atoms with van der Waals surface area (Å²) in [6.45, 7) is 6.88. The molecule has 7 heteroatoms. The smallest absolute Gasteiger partial charge is 0.321 e. The summed E-state index contributed by atoms with van der Waals surface area (Å²) in [5, 5.41) is 7.35. The highest BCUT2D eigenvalue weighted by Crippen LogP contribution is 2.27. The Bertz CT molecular complexity index is 742. The Kier molecular flexibility index (Phi) is 5.69. The molecule has 1 unspecified atom stereocenters. The van der Waals surface area contributed by atoms with Crippen LogP contribution in [0.3, 0.4) is 0 Å². The van der Waals surface area contributed by atoms with Crippen molar-refractivity contribution >= 4 is 11.7 Å². The molecule has 0 bridgehead atoms. The number of carbonyl (C=O) groups is 1. The SMILES string of the molecule is O=C(Nc1cnn(CCN2CCOCC2)c1)N1CCC(c2ccccc2)C1. The van der Waals surface area contributed by atoms with E-state index in [1.165, 1.54) is 5.56 Å². The zero-order chi connectivity index (χ0) is 18.5. The first kappa shape index (κ1) is 18.0. The molecule has 4 rings (SSSR count). The molecular weight excluding hydrogens is 342 g/mol. The summed E-state index contributed by atoms with van der Waals surface area (Å²) in [6, 6.07) is 10.4. The van der Waals surface area contributed by atoms with E-state index in [2.05, 4.69) is 39.6 Å². The molecule has 3 heterocycles. The monoisotopic (exact) mass is 369 g/mol. The Morgan fingerprint density at radius 1 is 1.15 bits per heavy atom. The molecule has 27 heavy (non-hydrogen) atoms. The Balaban J connectivity index is 1.25. The van der Waals surface area contributed by atoms with Crippen LogP contribution < -0.4 is 5.32 Å². The molecule has 144 valence electrons. The fraction of sp³-hybridized carbons (Fsp3) is 0.500.